The highest BCUT2D eigenvalue weighted by Gasteiger charge is 2.35. The lowest BCUT2D eigenvalue weighted by Crippen LogP contribution is -2.48. The van der Waals surface area contributed by atoms with Crippen LogP contribution in [0.5, 0.6) is 0 Å². The first-order valence-corrected chi connectivity index (χ1v) is 7.74. The van der Waals surface area contributed by atoms with Gasteiger partial charge in [-0.25, -0.2) is 13.4 Å². The van der Waals surface area contributed by atoms with Gasteiger partial charge in [0.2, 0.25) is 0 Å². The maximum absolute atomic E-state index is 12.6. The Morgan fingerprint density at radius 2 is 2.20 bits per heavy atom. The molecule has 0 aliphatic carbocycles. The summed E-state index contributed by atoms with van der Waals surface area (Å²) < 4.78 is 26.8. The van der Waals surface area contributed by atoms with E-state index in [2.05, 4.69) is 20.3 Å². The zero-order chi connectivity index (χ0) is 14.0. The lowest BCUT2D eigenvalue weighted by molar-refractivity contribution is 0.270. The average Bonchev–Trinajstić information content (AvgIpc) is 3.03. The molecule has 3 rings (SSSR count). The summed E-state index contributed by atoms with van der Waals surface area (Å²) in [5.74, 6) is 0. The van der Waals surface area contributed by atoms with Crippen molar-refractivity contribution in [3.63, 3.8) is 0 Å². The summed E-state index contributed by atoms with van der Waals surface area (Å²) in [6, 6.07) is 3.44. The second kappa shape index (κ2) is 5.31. The maximum Gasteiger partial charge on any atom is 0.260 e. The molecule has 1 saturated heterocycles. The molecule has 7 nitrogen and oxygen atoms in total. The normalized spacial score (nSPS) is 20.9. The van der Waals surface area contributed by atoms with Gasteiger partial charge < -0.3 is 10.3 Å². The van der Waals surface area contributed by atoms with Gasteiger partial charge in [0.1, 0.15) is 0 Å². The first-order valence-electron chi connectivity index (χ1n) is 6.30. The molecule has 0 bridgehead atoms. The molecular formula is C12H15N5O2S. The maximum atomic E-state index is 12.6. The van der Waals surface area contributed by atoms with E-state index >= 15 is 0 Å². The molecule has 1 aliphatic heterocycles. The quantitative estimate of drug-likeness (QED) is 0.840. The number of pyridine rings is 1. The second-order valence-corrected chi connectivity index (χ2v) is 6.40. The van der Waals surface area contributed by atoms with Crippen LogP contribution in [0, 0.1) is 0 Å². The molecule has 3 heterocycles. The van der Waals surface area contributed by atoms with Gasteiger partial charge in [0.05, 0.1) is 18.6 Å². The number of sulfonamides is 1. The van der Waals surface area contributed by atoms with Crippen molar-refractivity contribution in [3.8, 4) is 0 Å². The van der Waals surface area contributed by atoms with Crippen LogP contribution in [0.3, 0.4) is 0 Å². The third-order valence-electron chi connectivity index (χ3n) is 3.32. The van der Waals surface area contributed by atoms with Gasteiger partial charge in [-0.3, -0.25) is 4.98 Å². The van der Waals surface area contributed by atoms with Crippen molar-refractivity contribution in [2.24, 2.45) is 0 Å². The molecular weight excluding hydrogens is 278 g/mol. The van der Waals surface area contributed by atoms with E-state index in [0.29, 0.717) is 19.6 Å². The third kappa shape index (κ3) is 2.33. The molecule has 2 N–H and O–H groups in total. The van der Waals surface area contributed by atoms with Crippen molar-refractivity contribution in [2.75, 3.05) is 19.6 Å². The van der Waals surface area contributed by atoms with Crippen LogP contribution in [0.25, 0.3) is 0 Å². The summed E-state index contributed by atoms with van der Waals surface area (Å²) in [6.07, 6.45) is 6.08. The number of nitrogens with zero attached hydrogens (tertiary/aromatic N) is 3. The standard InChI is InChI=1S/C12H15N5O2S/c18-20(19,12-8-15-9-16-12)17-5-4-14-7-11(17)10-2-1-3-13-6-10/h1-3,6,8-9,11,14H,4-5,7H2,(H,15,16). The number of hydrogen-bond donors (Lipinski definition) is 2. The minimum atomic E-state index is -3.57. The lowest BCUT2D eigenvalue weighted by Gasteiger charge is -2.34. The Morgan fingerprint density at radius 1 is 1.30 bits per heavy atom. The van der Waals surface area contributed by atoms with Gasteiger partial charge in [-0.2, -0.15) is 4.31 Å². The van der Waals surface area contributed by atoms with Crippen LogP contribution in [0.2, 0.25) is 0 Å². The van der Waals surface area contributed by atoms with Crippen LogP contribution in [0.1, 0.15) is 11.6 Å². The van der Waals surface area contributed by atoms with Crippen LogP contribution in [-0.2, 0) is 10.0 Å². The number of imidazole rings is 1. The van der Waals surface area contributed by atoms with E-state index in [1.54, 1.807) is 12.4 Å². The molecule has 1 fully saturated rings. The number of rotatable bonds is 3. The Labute approximate surface area is 117 Å². The summed E-state index contributed by atoms with van der Waals surface area (Å²) in [4.78, 5) is 10.5. The van der Waals surface area contributed by atoms with E-state index in [4.69, 9.17) is 0 Å². The minimum absolute atomic E-state index is 0.119. The Bertz CT molecular complexity index is 656. The van der Waals surface area contributed by atoms with Gasteiger partial charge in [-0.1, -0.05) is 6.07 Å². The average molecular weight is 293 g/mol. The van der Waals surface area contributed by atoms with Gasteiger partial charge in [0.25, 0.3) is 10.0 Å². The number of nitrogens with one attached hydrogen (secondary N) is 2. The van der Waals surface area contributed by atoms with E-state index in [-0.39, 0.29) is 11.1 Å². The number of hydrogen-bond acceptors (Lipinski definition) is 5. The predicted molar refractivity (Wildman–Crippen MR) is 72.3 cm³/mol. The summed E-state index contributed by atoms with van der Waals surface area (Å²) in [5.41, 5.74) is 0.878. The predicted octanol–water partition coefficient (Wildman–Crippen LogP) is 0.140. The summed E-state index contributed by atoms with van der Waals surface area (Å²) in [5, 5.41) is 3.34. The number of H-pyrrole nitrogens is 1. The minimum Gasteiger partial charge on any atom is -0.335 e. The van der Waals surface area contributed by atoms with E-state index in [1.165, 1.54) is 16.8 Å². The summed E-state index contributed by atoms with van der Waals surface area (Å²) >= 11 is 0. The van der Waals surface area contributed by atoms with Crippen LogP contribution < -0.4 is 5.32 Å². The van der Waals surface area contributed by atoms with Gasteiger partial charge in [0, 0.05) is 32.0 Å². The molecule has 2 aromatic rings. The topological polar surface area (TPSA) is 91.0 Å². The molecule has 1 unspecified atom stereocenters. The highest BCUT2D eigenvalue weighted by Crippen LogP contribution is 2.27. The number of aromatic nitrogens is 3. The fourth-order valence-electron chi connectivity index (χ4n) is 2.34. The summed E-state index contributed by atoms with van der Waals surface area (Å²) in [7, 11) is -3.57. The third-order valence-corrected chi connectivity index (χ3v) is 5.16. The van der Waals surface area contributed by atoms with E-state index in [9.17, 15) is 8.42 Å². The van der Waals surface area contributed by atoms with E-state index < -0.39 is 10.0 Å². The van der Waals surface area contributed by atoms with Crippen molar-refractivity contribution < 1.29 is 8.42 Å². The van der Waals surface area contributed by atoms with Crippen LogP contribution in [0.15, 0.2) is 42.1 Å². The summed E-state index contributed by atoms with van der Waals surface area (Å²) in [6.45, 7) is 1.62. The zero-order valence-electron chi connectivity index (χ0n) is 10.7. The molecule has 20 heavy (non-hydrogen) atoms. The Balaban J connectivity index is 1.98. The lowest BCUT2D eigenvalue weighted by atomic mass is 10.1. The molecule has 8 heteroatoms. The molecule has 0 radical (unpaired) electrons. The molecule has 0 spiro atoms. The molecule has 1 aliphatic rings. The Morgan fingerprint density at radius 3 is 2.90 bits per heavy atom. The monoisotopic (exact) mass is 293 g/mol. The van der Waals surface area contributed by atoms with E-state index in [0.717, 1.165) is 5.56 Å². The van der Waals surface area contributed by atoms with Gasteiger partial charge >= 0.3 is 0 Å². The second-order valence-electron chi connectivity index (χ2n) is 4.54. The van der Waals surface area contributed by atoms with Crippen molar-refractivity contribution in [2.45, 2.75) is 11.1 Å². The first-order chi connectivity index (χ1) is 9.69. The molecule has 0 aromatic carbocycles. The van der Waals surface area contributed by atoms with Crippen LogP contribution in [-0.4, -0.2) is 47.3 Å². The fraction of sp³-hybridized carbons (Fsp3) is 0.333. The highest BCUT2D eigenvalue weighted by molar-refractivity contribution is 7.89. The zero-order valence-corrected chi connectivity index (χ0v) is 11.5. The van der Waals surface area contributed by atoms with Gasteiger partial charge in [-0.15, -0.1) is 0 Å². The Kier molecular flexibility index (Phi) is 3.51. The van der Waals surface area contributed by atoms with Crippen molar-refractivity contribution >= 4 is 10.0 Å². The molecule has 106 valence electrons. The largest absolute Gasteiger partial charge is 0.335 e. The van der Waals surface area contributed by atoms with Crippen molar-refractivity contribution in [1.82, 2.24) is 24.6 Å². The SMILES string of the molecule is O=S(=O)(c1cnc[nH]1)N1CCNCC1c1cccnc1. The molecule has 0 amide bonds. The first kappa shape index (κ1) is 13.2. The highest BCUT2D eigenvalue weighted by atomic mass is 32.2. The smallest absolute Gasteiger partial charge is 0.260 e. The fourth-order valence-corrected chi connectivity index (χ4v) is 3.85. The van der Waals surface area contributed by atoms with E-state index in [1.807, 2.05) is 12.1 Å². The molecule has 1 atom stereocenters. The number of piperazine rings is 1. The number of aromatic amines is 1. The molecule has 0 saturated carbocycles. The van der Waals surface area contributed by atoms with Crippen molar-refractivity contribution in [3.05, 3.63) is 42.6 Å². The van der Waals surface area contributed by atoms with Crippen LogP contribution >= 0.6 is 0 Å². The Hall–Kier alpha value is -1.77. The van der Waals surface area contributed by atoms with Crippen molar-refractivity contribution in [1.29, 1.82) is 0 Å². The molecule has 2 aromatic heterocycles. The van der Waals surface area contributed by atoms with Gasteiger partial charge in [0.15, 0.2) is 5.03 Å². The van der Waals surface area contributed by atoms with Gasteiger partial charge in [-0.05, 0) is 11.6 Å². The van der Waals surface area contributed by atoms with Crippen LogP contribution in [0.4, 0.5) is 0 Å².